The number of amides is 1. The molecule has 0 unspecified atom stereocenters. The third-order valence-corrected chi connectivity index (χ3v) is 7.59. The minimum absolute atomic E-state index is 0.0234. The molecule has 10 heteroatoms. The number of carbonyl (C=O) groups is 1. The fraction of sp³-hybridized carbons (Fsp3) is 0.227. The number of hydrogen-bond donors (Lipinski definition) is 1. The summed E-state index contributed by atoms with van der Waals surface area (Å²) >= 11 is 7.41. The molecule has 0 bridgehead atoms. The van der Waals surface area contributed by atoms with E-state index in [0.29, 0.717) is 47.9 Å². The van der Waals surface area contributed by atoms with Crippen molar-refractivity contribution in [1.29, 1.82) is 0 Å². The van der Waals surface area contributed by atoms with Crippen molar-refractivity contribution in [3.8, 4) is 11.3 Å². The van der Waals surface area contributed by atoms with Gasteiger partial charge in [-0.15, -0.1) is 0 Å². The van der Waals surface area contributed by atoms with E-state index in [2.05, 4.69) is 14.3 Å². The van der Waals surface area contributed by atoms with Crippen LogP contribution in [0.5, 0.6) is 0 Å². The number of benzene rings is 2. The first-order valence-electron chi connectivity index (χ1n) is 9.91. The quantitative estimate of drug-likeness (QED) is 0.432. The smallest absolute Gasteiger partial charge is 0.407 e. The van der Waals surface area contributed by atoms with E-state index >= 15 is 4.39 Å². The monoisotopic (exact) mass is 472 g/mol. The summed E-state index contributed by atoms with van der Waals surface area (Å²) in [5.41, 5.74) is 0.668. The molecule has 0 atom stereocenters. The number of nitrogens with zero attached hydrogens (tertiary/aromatic N) is 4. The molecule has 2 aromatic heterocycles. The molecule has 32 heavy (non-hydrogen) atoms. The van der Waals surface area contributed by atoms with Gasteiger partial charge in [0.05, 0.1) is 10.4 Å². The van der Waals surface area contributed by atoms with Crippen LogP contribution in [0.1, 0.15) is 0 Å². The van der Waals surface area contributed by atoms with Gasteiger partial charge in [-0.3, -0.25) is 4.98 Å². The summed E-state index contributed by atoms with van der Waals surface area (Å²) in [6, 6.07) is 8.09. The van der Waals surface area contributed by atoms with Gasteiger partial charge in [0.25, 0.3) is 0 Å². The summed E-state index contributed by atoms with van der Waals surface area (Å²) in [5.74, 6) is -1.15. The van der Waals surface area contributed by atoms with E-state index < -0.39 is 17.7 Å². The van der Waals surface area contributed by atoms with Crippen molar-refractivity contribution in [2.24, 2.45) is 5.41 Å². The molecule has 2 aromatic carbocycles. The van der Waals surface area contributed by atoms with Crippen molar-refractivity contribution < 1.29 is 18.7 Å². The molecule has 1 spiro atoms. The van der Waals surface area contributed by atoms with Crippen LogP contribution in [0.25, 0.3) is 32.9 Å². The van der Waals surface area contributed by atoms with Crippen molar-refractivity contribution in [2.75, 3.05) is 31.1 Å². The van der Waals surface area contributed by atoms with Crippen LogP contribution in [-0.2, 0) is 0 Å². The highest BCUT2D eigenvalue weighted by atomic mass is 35.5. The molecule has 6 nitrogen and oxygen atoms in total. The van der Waals surface area contributed by atoms with E-state index in [4.69, 9.17) is 16.7 Å². The van der Waals surface area contributed by atoms with Crippen LogP contribution in [0.3, 0.4) is 0 Å². The van der Waals surface area contributed by atoms with Crippen LogP contribution >= 0.6 is 23.1 Å². The van der Waals surface area contributed by atoms with Crippen molar-refractivity contribution in [3.63, 3.8) is 0 Å². The maximum atomic E-state index is 15.5. The van der Waals surface area contributed by atoms with Crippen molar-refractivity contribution >= 4 is 55.9 Å². The van der Waals surface area contributed by atoms with Gasteiger partial charge in [-0.05, 0) is 23.0 Å². The Labute approximate surface area is 189 Å². The molecule has 1 amide bonds. The largest absolute Gasteiger partial charge is 0.465 e. The van der Waals surface area contributed by atoms with E-state index in [-0.39, 0.29) is 21.6 Å². The number of halogens is 3. The van der Waals surface area contributed by atoms with E-state index in [1.807, 2.05) is 0 Å². The van der Waals surface area contributed by atoms with E-state index in [1.165, 1.54) is 22.5 Å². The summed E-state index contributed by atoms with van der Waals surface area (Å²) in [6.07, 6.45) is 0.693. The predicted octanol–water partition coefficient (Wildman–Crippen LogP) is 5.24. The average molecular weight is 473 g/mol. The normalized spacial score (nSPS) is 17.1. The number of hydrogen-bond acceptors (Lipinski definition) is 5. The molecule has 6 rings (SSSR count). The van der Waals surface area contributed by atoms with Gasteiger partial charge in [-0.1, -0.05) is 35.9 Å². The van der Waals surface area contributed by atoms with Crippen LogP contribution in [-0.4, -0.2) is 51.6 Å². The molecular formula is C22H15ClF2N4O2S. The van der Waals surface area contributed by atoms with Crippen LogP contribution in [0.15, 0.2) is 36.5 Å². The first-order valence-corrected chi connectivity index (χ1v) is 11.1. The Morgan fingerprint density at radius 3 is 2.69 bits per heavy atom. The Morgan fingerprint density at radius 2 is 1.94 bits per heavy atom. The fourth-order valence-electron chi connectivity index (χ4n) is 4.79. The van der Waals surface area contributed by atoms with Crippen LogP contribution in [0.4, 0.5) is 18.6 Å². The van der Waals surface area contributed by atoms with Gasteiger partial charge in [0.2, 0.25) is 0 Å². The molecule has 0 saturated carbocycles. The first-order chi connectivity index (χ1) is 15.4. The molecular weight excluding hydrogens is 458 g/mol. The highest BCUT2D eigenvalue weighted by Gasteiger charge is 2.54. The summed E-state index contributed by atoms with van der Waals surface area (Å²) in [4.78, 5) is 18.9. The lowest BCUT2D eigenvalue weighted by atomic mass is 9.73. The zero-order valence-corrected chi connectivity index (χ0v) is 18.1. The fourth-order valence-corrected chi connectivity index (χ4v) is 5.91. The molecule has 0 aliphatic carbocycles. The maximum Gasteiger partial charge on any atom is 0.407 e. The third kappa shape index (κ3) is 2.70. The average Bonchev–Trinajstić information content (AvgIpc) is 3.13. The Kier molecular flexibility index (Phi) is 4.13. The Bertz CT molecular complexity index is 1430. The standard InChI is InChI=1S/C22H15ClF2N4O2S/c23-16-14(24)5-4-11-2-1-3-12(15(11)16)18-17(25)19-13(6-26-18)20(32-27-19)28-7-22(8-28)9-29(10-22)21(30)31/h1-6H,7-10H2,(H,30,31). The van der Waals surface area contributed by atoms with Crippen molar-refractivity contribution in [3.05, 3.63) is 53.2 Å². The molecule has 4 aromatic rings. The molecule has 2 fully saturated rings. The van der Waals surface area contributed by atoms with E-state index in [9.17, 15) is 9.18 Å². The highest BCUT2D eigenvalue weighted by molar-refractivity contribution is 7.11. The van der Waals surface area contributed by atoms with Crippen LogP contribution < -0.4 is 4.90 Å². The van der Waals surface area contributed by atoms with Gasteiger partial charge in [-0.25, -0.2) is 13.6 Å². The minimum atomic E-state index is -0.899. The first kappa shape index (κ1) is 19.6. The number of rotatable bonds is 2. The van der Waals surface area contributed by atoms with Crippen molar-refractivity contribution in [2.45, 2.75) is 0 Å². The highest BCUT2D eigenvalue weighted by Crippen LogP contribution is 2.46. The molecule has 2 aliphatic rings. The van der Waals surface area contributed by atoms with E-state index in [0.717, 1.165) is 5.00 Å². The number of pyridine rings is 1. The molecule has 1 N–H and O–H groups in total. The second-order valence-corrected chi connectivity index (χ2v) is 9.56. The van der Waals surface area contributed by atoms with Crippen molar-refractivity contribution in [1.82, 2.24) is 14.3 Å². The zero-order valence-electron chi connectivity index (χ0n) is 16.5. The number of likely N-dealkylation sites (tertiary alicyclic amines) is 1. The summed E-state index contributed by atoms with van der Waals surface area (Å²) in [7, 11) is 0. The second kappa shape index (κ2) is 6.73. The van der Waals surface area contributed by atoms with E-state index in [1.54, 1.807) is 30.5 Å². The third-order valence-electron chi connectivity index (χ3n) is 6.30. The van der Waals surface area contributed by atoms with Crippen LogP contribution in [0.2, 0.25) is 5.02 Å². The molecule has 4 heterocycles. The second-order valence-electron chi connectivity index (χ2n) is 8.43. The Morgan fingerprint density at radius 1 is 1.16 bits per heavy atom. The van der Waals surface area contributed by atoms with Gasteiger partial charge >= 0.3 is 6.09 Å². The predicted molar refractivity (Wildman–Crippen MR) is 120 cm³/mol. The molecule has 0 radical (unpaired) electrons. The Balaban J connectivity index is 1.37. The number of fused-ring (bicyclic) bond motifs is 2. The molecule has 162 valence electrons. The van der Waals surface area contributed by atoms with Gasteiger partial charge in [0, 0.05) is 48.7 Å². The number of carboxylic acid groups (broad SMARTS) is 1. The number of anilines is 1. The molecule has 2 saturated heterocycles. The van der Waals surface area contributed by atoms with Gasteiger partial charge < -0.3 is 14.9 Å². The lowest BCUT2D eigenvalue weighted by Crippen LogP contribution is -2.72. The zero-order chi connectivity index (χ0) is 22.2. The minimum Gasteiger partial charge on any atom is -0.465 e. The SMILES string of the molecule is O=C(O)N1CC2(C1)CN(c1snc3c(F)c(-c4cccc5ccc(F)c(Cl)c45)ncc13)C2. The van der Waals surface area contributed by atoms with Crippen LogP contribution in [0, 0.1) is 17.0 Å². The van der Waals surface area contributed by atoms with Gasteiger partial charge in [0.1, 0.15) is 22.0 Å². The summed E-state index contributed by atoms with van der Waals surface area (Å²) in [6.45, 7) is 2.45. The number of aromatic nitrogens is 2. The summed E-state index contributed by atoms with van der Waals surface area (Å²) < 4.78 is 34.0. The molecule has 2 aliphatic heterocycles. The Hall–Kier alpha value is -3.04. The van der Waals surface area contributed by atoms with Gasteiger partial charge in [0.15, 0.2) is 5.82 Å². The topological polar surface area (TPSA) is 69.6 Å². The summed E-state index contributed by atoms with van der Waals surface area (Å²) in [5, 5.41) is 11.5. The lowest BCUT2D eigenvalue weighted by Gasteiger charge is -2.59. The lowest BCUT2D eigenvalue weighted by molar-refractivity contribution is -0.00903. The van der Waals surface area contributed by atoms with Gasteiger partial charge in [-0.2, -0.15) is 4.37 Å². The maximum absolute atomic E-state index is 15.5.